The molecule has 0 amide bonds. The van der Waals surface area contributed by atoms with Gasteiger partial charge in [0.15, 0.2) is 0 Å². The summed E-state index contributed by atoms with van der Waals surface area (Å²) in [5.41, 5.74) is 8.12. The van der Waals surface area contributed by atoms with Gasteiger partial charge in [0.2, 0.25) is 5.95 Å². The lowest BCUT2D eigenvalue weighted by atomic mass is 10.1. The first-order valence-corrected chi connectivity index (χ1v) is 9.92. The van der Waals surface area contributed by atoms with Crippen LogP contribution in [0.1, 0.15) is 0 Å². The van der Waals surface area contributed by atoms with Crippen LogP contribution in [0.2, 0.25) is 0 Å². The zero-order chi connectivity index (χ0) is 21.2. The number of halogens is 1. The molecule has 0 bridgehead atoms. The van der Waals surface area contributed by atoms with E-state index in [0.717, 1.165) is 18.9 Å². The maximum atomic E-state index is 14.4. The molecule has 8 nitrogen and oxygen atoms in total. The molecular weight excluding hydrogens is 397 g/mol. The van der Waals surface area contributed by atoms with E-state index in [1.165, 1.54) is 6.07 Å². The number of nitrogen functional groups attached to an aromatic ring is 1. The van der Waals surface area contributed by atoms with E-state index in [2.05, 4.69) is 30.2 Å². The van der Waals surface area contributed by atoms with Gasteiger partial charge in [0.25, 0.3) is 0 Å². The van der Waals surface area contributed by atoms with Crippen LogP contribution in [0.25, 0.3) is 22.2 Å². The van der Waals surface area contributed by atoms with Crippen molar-refractivity contribution in [2.45, 2.75) is 0 Å². The van der Waals surface area contributed by atoms with Crippen LogP contribution in [0.3, 0.4) is 0 Å². The minimum Gasteiger partial charge on any atom is -0.383 e. The Morgan fingerprint density at radius 1 is 1.00 bits per heavy atom. The summed E-state index contributed by atoms with van der Waals surface area (Å²) in [5.74, 6) is 1.08. The number of ether oxygens (including phenoxy) is 1. The number of anilines is 4. The molecule has 4 heterocycles. The molecule has 0 atom stereocenters. The zero-order valence-electron chi connectivity index (χ0n) is 16.6. The van der Waals surface area contributed by atoms with Crippen LogP contribution in [0, 0.1) is 5.82 Å². The molecule has 0 spiro atoms. The third-order valence-corrected chi connectivity index (χ3v) is 5.11. The Labute approximate surface area is 177 Å². The van der Waals surface area contributed by atoms with Crippen molar-refractivity contribution in [3.8, 4) is 11.3 Å². The van der Waals surface area contributed by atoms with Crippen LogP contribution in [-0.4, -0.2) is 46.2 Å². The number of nitrogens with one attached hydrogen (secondary N) is 1. The summed E-state index contributed by atoms with van der Waals surface area (Å²) >= 11 is 0. The Morgan fingerprint density at radius 2 is 1.84 bits per heavy atom. The lowest BCUT2D eigenvalue weighted by Crippen LogP contribution is -2.36. The van der Waals surface area contributed by atoms with Crippen molar-refractivity contribution < 1.29 is 9.13 Å². The second kappa shape index (κ2) is 8.11. The largest absolute Gasteiger partial charge is 0.383 e. The Kier molecular flexibility index (Phi) is 5.01. The molecule has 156 valence electrons. The number of hydrogen-bond acceptors (Lipinski definition) is 8. The molecule has 9 heteroatoms. The molecule has 1 fully saturated rings. The first-order chi connectivity index (χ1) is 15.2. The van der Waals surface area contributed by atoms with Crippen molar-refractivity contribution in [1.82, 2.24) is 19.9 Å². The Morgan fingerprint density at radius 3 is 2.61 bits per heavy atom. The summed E-state index contributed by atoms with van der Waals surface area (Å²) in [6.07, 6.45) is 3.29. The van der Waals surface area contributed by atoms with E-state index in [1.54, 1.807) is 36.7 Å². The van der Waals surface area contributed by atoms with Crippen LogP contribution in [0.15, 0.2) is 54.9 Å². The third kappa shape index (κ3) is 3.82. The summed E-state index contributed by atoms with van der Waals surface area (Å²) in [5, 5.41) is 3.74. The summed E-state index contributed by atoms with van der Waals surface area (Å²) in [7, 11) is 0. The summed E-state index contributed by atoms with van der Waals surface area (Å²) in [6.45, 7) is 3.03. The molecule has 1 aromatic carbocycles. The number of morpholine rings is 1. The number of hydrogen-bond donors (Lipinski definition) is 2. The highest BCUT2D eigenvalue weighted by atomic mass is 19.1. The molecule has 5 rings (SSSR count). The van der Waals surface area contributed by atoms with Gasteiger partial charge < -0.3 is 20.7 Å². The number of rotatable bonds is 4. The average Bonchev–Trinajstić information content (AvgIpc) is 2.80. The van der Waals surface area contributed by atoms with Crippen LogP contribution >= 0.6 is 0 Å². The van der Waals surface area contributed by atoms with Crippen molar-refractivity contribution >= 4 is 34.2 Å². The minimum atomic E-state index is -0.378. The molecule has 31 heavy (non-hydrogen) atoms. The Balaban J connectivity index is 1.48. The monoisotopic (exact) mass is 417 g/mol. The van der Waals surface area contributed by atoms with Gasteiger partial charge in [-0.25, -0.2) is 14.4 Å². The summed E-state index contributed by atoms with van der Waals surface area (Å²) in [4.78, 5) is 20.0. The van der Waals surface area contributed by atoms with Gasteiger partial charge in [-0.1, -0.05) is 12.1 Å². The Bertz CT molecular complexity index is 1230. The highest BCUT2D eigenvalue weighted by Crippen LogP contribution is 2.30. The van der Waals surface area contributed by atoms with Gasteiger partial charge in [0.05, 0.1) is 30.8 Å². The van der Waals surface area contributed by atoms with E-state index in [0.29, 0.717) is 41.1 Å². The van der Waals surface area contributed by atoms with E-state index >= 15 is 0 Å². The SMILES string of the molecule is Nc1nc(Nc2ccc(N3CCOCC3)nc2)nc2c(-c3ccccc3F)nccc12. The number of aromatic nitrogens is 4. The molecule has 1 aliphatic heterocycles. The maximum Gasteiger partial charge on any atom is 0.229 e. The Hall–Kier alpha value is -3.85. The fraction of sp³-hybridized carbons (Fsp3) is 0.182. The molecule has 1 saturated heterocycles. The van der Waals surface area contributed by atoms with Gasteiger partial charge in [-0.05, 0) is 30.3 Å². The number of fused-ring (bicyclic) bond motifs is 1. The van der Waals surface area contributed by atoms with E-state index < -0.39 is 0 Å². The van der Waals surface area contributed by atoms with E-state index in [9.17, 15) is 4.39 Å². The van der Waals surface area contributed by atoms with Crippen molar-refractivity contribution in [1.29, 1.82) is 0 Å². The smallest absolute Gasteiger partial charge is 0.229 e. The zero-order valence-corrected chi connectivity index (χ0v) is 16.6. The van der Waals surface area contributed by atoms with Crippen LogP contribution < -0.4 is 16.0 Å². The molecule has 4 aromatic rings. The molecule has 1 aliphatic rings. The normalized spacial score (nSPS) is 14.0. The van der Waals surface area contributed by atoms with E-state index in [1.807, 2.05) is 12.1 Å². The van der Waals surface area contributed by atoms with Gasteiger partial charge >= 0.3 is 0 Å². The summed E-state index contributed by atoms with van der Waals surface area (Å²) in [6, 6.07) is 12.0. The van der Waals surface area contributed by atoms with Crippen LogP contribution in [0.5, 0.6) is 0 Å². The lowest BCUT2D eigenvalue weighted by Gasteiger charge is -2.27. The van der Waals surface area contributed by atoms with Gasteiger partial charge in [-0.15, -0.1) is 0 Å². The average molecular weight is 417 g/mol. The molecule has 0 unspecified atom stereocenters. The molecule has 0 saturated carbocycles. The van der Waals surface area contributed by atoms with Crippen molar-refractivity contribution in [2.24, 2.45) is 0 Å². The predicted octanol–water partition coefficient (Wildman–Crippen LogP) is 3.39. The predicted molar refractivity (Wildman–Crippen MR) is 118 cm³/mol. The third-order valence-electron chi connectivity index (χ3n) is 5.11. The second-order valence-corrected chi connectivity index (χ2v) is 7.10. The molecule has 0 radical (unpaired) electrons. The van der Waals surface area contributed by atoms with Crippen molar-refractivity contribution in [3.05, 3.63) is 60.7 Å². The number of pyridine rings is 2. The highest BCUT2D eigenvalue weighted by molar-refractivity contribution is 5.97. The molecule has 0 aliphatic carbocycles. The molecule has 3 aromatic heterocycles. The quantitative estimate of drug-likeness (QED) is 0.521. The fourth-order valence-corrected chi connectivity index (χ4v) is 3.55. The maximum absolute atomic E-state index is 14.4. The molecule has 3 N–H and O–H groups in total. The number of nitrogens with two attached hydrogens (primary N) is 1. The standard InChI is InChI=1S/C22H20FN7O/c23-17-4-2-1-3-15(17)19-20-16(7-8-25-19)21(24)29-22(28-20)27-14-5-6-18(26-13-14)30-9-11-31-12-10-30/h1-8,13H,9-12H2,(H3,24,27,28,29). The van der Waals surface area contributed by atoms with Gasteiger partial charge in [-0.3, -0.25) is 4.98 Å². The van der Waals surface area contributed by atoms with E-state index in [-0.39, 0.29) is 17.6 Å². The number of nitrogens with zero attached hydrogens (tertiary/aromatic N) is 5. The number of benzene rings is 1. The van der Waals surface area contributed by atoms with Gasteiger partial charge in [0.1, 0.15) is 23.0 Å². The van der Waals surface area contributed by atoms with Crippen molar-refractivity contribution in [3.63, 3.8) is 0 Å². The molecular formula is C22H20FN7O. The first-order valence-electron chi connectivity index (χ1n) is 9.92. The summed E-state index contributed by atoms with van der Waals surface area (Å²) < 4.78 is 19.8. The lowest BCUT2D eigenvalue weighted by molar-refractivity contribution is 0.122. The van der Waals surface area contributed by atoms with Crippen molar-refractivity contribution in [2.75, 3.05) is 42.3 Å². The highest BCUT2D eigenvalue weighted by Gasteiger charge is 2.15. The van der Waals surface area contributed by atoms with E-state index in [4.69, 9.17) is 10.5 Å². The fourth-order valence-electron chi connectivity index (χ4n) is 3.55. The topological polar surface area (TPSA) is 102 Å². The van der Waals surface area contributed by atoms with Crippen LogP contribution in [-0.2, 0) is 4.74 Å². The van der Waals surface area contributed by atoms with Gasteiger partial charge in [-0.2, -0.15) is 4.98 Å². The second-order valence-electron chi connectivity index (χ2n) is 7.10. The van der Waals surface area contributed by atoms with Gasteiger partial charge in [0, 0.05) is 30.2 Å². The van der Waals surface area contributed by atoms with Crippen LogP contribution in [0.4, 0.5) is 27.7 Å². The minimum absolute atomic E-state index is 0.283. The first kappa shape index (κ1) is 19.1.